The van der Waals surface area contributed by atoms with Crippen molar-refractivity contribution >= 4 is 5.96 Å². The van der Waals surface area contributed by atoms with E-state index in [-0.39, 0.29) is 0 Å². The van der Waals surface area contributed by atoms with Crippen molar-refractivity contribution in [2.45, 2.75) is 46.0 Å². The molecular weight excluding hydrogens is 334 g/mol. The third-order valence-corrected chi connectivity index (χ3v) is 5.42. The Morgan fingerprint density at radius 1 is 1.26 bits per heavy atom. The fourth-order valence-electron chi connectivity index (χ4n) is 3.80. The second-order valence-electron chi connectivity index (χ2n) is 7.48. The molecule has 5 heteroatoms. The molecule has 0 unspecified atom stereocenters. The number of rotatable bonds is 7. The highest BCUT2D eigenvalue weighted by molar-refractivity contribution is 5.80. The fraction of sp³-hybridized carbons (Fsp3) is 0.545. The number of nitrogens with zero attached hydrogens (tertiary/aromatic N) is 3. The summed E-state index contributed by atoms with van der Waals surface area (Å²) in [5.41, 5.74) is 3.94. The van der Waals surface area contributed by atoms with Crippen LogP contribution in [-0.4, -0.2) is 47.2 Å². The number of aromatic nitrogens is 2. The molecule has 1 aromatic heterocycles. The zero-order chi connectivity index (χ0) is 18.9. The summed E-state index contributed by atoms with van der Waals surface area (Å²) in [7, 11) is 0. The van der Waals surface area contributed by atoms with Crippen LogP contribution in [0.25, 0.3) is 0 Å². The summed E-state index contributed by atoms with van der Waals surface area (Å²) >= 11 is 0. The maximum atomic E-state index is 4.88. The molecule has 1 aliphatic rings. The van der Waals surface area contributed by atoms with Crippen molar-refractivity contribution in [2.75, 3.05) is 26.2 Å². The second kappa shape index (κ2) is 10.1. The molecule has 0 aliphatic carbocycles. The first kappa shape index (κ1) is 19.5. The van der Waals surface area contributed by atoms with Crippen molar-refractivity contribution < 1.29 is 0 Å². The predicted molar refractivity (Wildman–Crippen MR) is 112 cm³/mol. The smallest absolute Gasteiger partial charge is 0.193 e. The van der Waals surface area contributed by atoms with E-state index in [1.54, 1.807) is 0 Å². The molecule has 1 aliphatic heterocycles. The largest absolute Gasteiger partial charge is 0.357 e. The molecule has 2 aromatic rings. The van der Waals surface area contributed by atoms with Crippen LogP contribution < -0.4 is 5.32 Å². The first-order chi connectivity index (χ1) is 13.3. The van der Waals surface area contributed by atoms with Gasteiger partial charge in [-0.1, -0.05) is 30.3 Å². The Bertz CT molecular complexity index is 699. The van der Waals surface area contributed by atoms with E-state index in [2.05, 4.69) is 64.6 Å². The van der Waals surface area contributed by atoms with E-state index >= 15 is 0 Å². The molecular formula is C22H33N5. The summed E-state index contributed by atoms with van der Waals surface area (Å²) in [6, 6.07) is 10.9. The van der Waals surface area contributed by atoms with Gasteiger partial charge in [0, 0.05) is 31.9 Å². The number of benzene rings is 1. The first-order valence-corrected chi connectivity index (χ1v) is 10.3. The van der Waals surface area contributed by atoms with Crippen molar-refractivity contribution in [3.63, 3.8) is 0 Å². The fourth-order valence-corrected chi connectivity index (χ4v) is 3.80. The topological polar surface area (TPSA) is 56.3 Å². The minimum Gasteiger partial charge on any atom is -0.357 e. The van der Waals surface area contributed by atoms with E-state index in [9.17, 15) is 0 Å². The van der Waals surface area contributed by atoms with E-state index < -0.39 is 0 Å². The zero-order valence-corrected chi connectivity index (χ0v) is 16.7. The lowest BCUT2D eigenvalue weighted by Crippen LogP contribution is -2.46. The Labute approximate surface area is 163 Å². The summed E-state index contributed by atoms with van der Waals surface area (Å²) < 4.78 is 0. The highest BCUT2D eigenvalue weighted by Crippen LogP contribution is 2.21. The maximum Gasteiger partial charge on any atom is 0.193 e. The molecule has 0 spiro atoms. The third kappa shape index (κ3) is 5.84. The molecule has 1 fully saturated rings. The van der Waals surface area contributed by atoms with E-state index in [1.807, 2.05) is 6.20 Å². The average molecular weight is 368 g/mol. The van der Waals surface area contributed by atoms with Gasteiger partial charge in [-0.25, -0.2) is 0 Å². The van der Waals surface area contributed by atoms with Crippen LogP contribution in [-0.2, 0) is 12.8 Å². The van der Waals surface area contributed by atoms with Crippen LogP contribution in [0, 0.1) is 12.8 Å². The van der Waals surface area contributed by atoms with Crippen molar-refractivity contribution in [1.82, 2.24) is 20.4 Å². The number of likely N-dealkylation sites (tertiary alicyclic amines) is 1. The van der Waals surface area contributed by atoms with Gasteiger partial charge in [0.1, 0.15) is 0 Å². The van der Waals surface area contributed by atoms with Crippen molar-refractivity contribution in [2.24, 2.45) is 10.9 Å². The molecule has 0 bridgehead atoms. The summed E-state index contributed by atoms with van der Waals surface area (Å²) in [6.07, 6.45) is 7.71. The van der Waals surface area contributed by atoms with E-state index in [1.165, 1.54) is 36.1 Å². The highest BCUT2D eigenvalue weighted by Gasteiger charge is 2.21. The molecule has 1 aromatic carbocycles. The van der Waals surface area contributed by atoms with Crippen molar-refractivity contribution in [3.05, 3.63) is 53.3 Å². The molecule has 2 heterocycles. The Hall–Kier alpha value is -2.30. The number of H-pyrrole nitrogens is 1. The lowest BCUT2D eigenvalue weighted by atomic mass is 9.90. The molecule has 3 rings (SSSR count). The molecule has 5 nitrogen and oxygen atoms in total. The number of aryl methyl sites for hydroxylation is 2. The van der Waals surface area contributed by atoms with Gasteiger partial charge in [0.05, 0.1) is 6.20 Å². The van der Waals surface area contributed by atoms with Gasteiger partial charge in [-0.05, 0) is 63.0 Å². The van der Waals surface area contributed by atoms with E-state index in [0.717, 1.165) is 50.9 Å². The first-order valence-electron chi connectivity index (χ1n) is 10.3. The maximum absolute atomic E-state index is 4.88. The molecule has 0 amide bonds. The number of aromatic amines is 1. The zero-order valence-electron chi connectivity index (χ0n) is 16.7. The number of guanidine groups is 1. The second-order valence-corrected chi connectivity index (χ2v) is 7.48. The van der Waals surface area contributed by atoms with Gasteiger partial charge in [-0.2, -0.15) is 5.10 Å². The van der Waals surface area contributed by atoms with Gasteiger partial charge < -0.3 is 10.2 Å². The Kier molecular flexibility index (Phi) is 7.31. The lowest BCUT2D eigenvalue weighted by molar-refractivity contribution is 0.259. The number of nitrogens with one attached hydrogen (secondary N) is 2. The Morgan fingerprint density at radius 2 is 2.04 bits per heavy atom. The summed E-state index contributed by atoms with van der Waals surface area (Å²) in [4.78, 5) is 7.31. The van der Waals surface area contributed by atoms with Gasteiger partial charge in [0.15, 0.2) is 5.96 Å². The Morgan fingerprint density at radius 3 is 2.70 bits per heavy atom. The molecule has 146 valence electrons. The van der Waals surface area contributed by atoms with Crippen molar-refractivity contribution in [1.29, 1.82) is 0 Å². The SMILES string of the molecule is CCNC(=NCCCc1cn[nH]c1C)N1CCC(Cc2ccccc2)CC1. The standard InChI is InChI=1S/C22H33N5/c1-3-23-22(24-13-7-10-21-17-25-26-18(21)2)27-14-11-20(12-15-27)16-19-8-5-4-6-9-19/h4-6,8-9,17,20H,3,7,10-16H2,1-2H3,(H,23,24)(H,25,26). The molecule has 27 heavy (non-hydrogen) atoms. The van der Waals surface area contributed by atoms with Crippen LogP contribution in [0.4, 0.5) is 0 Å². The molecule has 2 N–H and O–H groups in total. The van der Waals surface area contributed by atoms with Gasteiger partial charge in [0.2, 0.25) is 0 Å². The minimum absolute atomic E-state index is 0.788. The van der Waals surface area contributed by atoms with E-state index in [0.29, 0.717) is 0 Å². The number of hydrogen-bond acceptors (Lipinski definition) is 2. The number of piperidine rings is 1. The van der Waals surface area contributed by atoms with Crippen LogP contribution in [0.3, 0.4) is 0 Å². The summed E-state index contributed by atoms with van der Waals surface area (Å²) in [6.45, 7) is 8.20. The van der Waals surface area contributed by atoms with Crippen LogP contribution in [0.5, 0.6) is 0 Å². The molecule has 0 atom stereocenters. The minimum atomic E-state index is 0.788. The van der Waals surface area contributed by atoms with Crippen LogP contribution in [0.15, 0.2) is 41.5 Å². The van der Waals surface area contributed by atoms with Gasteiger partial charge >= 0.3 is 0 Å². The quantitative estimate of drug-likeness (QED) is 0.447. The monoisotopic (exact) mass is 367 g/mol. The molecule has 0 radical (unpaired) electrons. The van der Waals surface area contributed by atoms with Crippen LogP contribution in [0.1, 0.15) is 43.0 Å². The third-order valence-electron chi connectivity index (χ3n) is 5.42. The average Bonchev–Trinajstić information content (AvgIpc) is 3.11. The van der Waals surface area contributed by atoms with Gasteiger partial charge in [-0.3, -0.25) is 10.1 Å². The van der Waals surface area contributed by atoms with Crippen molar-refractivity contribution in [3.8, 4) is 0 Å². The number of aliphatic imine (C=N–C) groups is 1. The predicted octanol–water partition coefficient (Wildman–Crippen LogP) is 3.57. The Balaban J connectivity index is 1.46. The normalized spacial score (nSPS) is 15.9. The molecule has 1 saturated heterocycles. The van der Waals surface area contributed by atoms with Crippen LogP contribution in [0.2, 0.25) is 0 Å². The van der Waals surface area contributed by atoms with Crippen LogP contribution >= 0.6 is 0 Å². The number of hydrogen-bond donors (Lipinski definition) is 2. The van der Waals surface area contributed by atoms with Gasteiger partial charge in [0.25, 0.3) is 0 Å². The molecule has 0 saturated carbocycles. The summed E-state index contributed by atoms with van der Waals surface area (Å²) in [5.74, 6) is 1.87. The highest BCUT2D eigenvalue weighted by atomic mass is 15.3. The van der Waals surface area contributed by atoms with Gasteiger partial charge in [-0.15, -0.1) is 0 Å². The summed E-state index contributed by atoms with van der Waals surface area (Å²) in [5, 5.41) is 10.6. The van der Waals surface area contributed by atoms with E-state index in [4.69, 9.17) is 4.99 Å². The lowest BCUT2D eigenvalue weighted by Gasteiger charge is -2.34.